The van der Waals surface area contributed by atoms with Gasteiger partial charge in [-0.15, -0.1) is 0 Å². The summed E-state index contributed by atoms with van der Waals surface area (Å²) < 4.78 is 1.52. The molecule has 1 aromatic carbocycles. The Kier molecular flexibility index (Phi) is 3.38. The standard InChI is InChI=1S/C17H15N5O3/c1-9-16-12(10-2-4-11(23)5-3-10)8-15(25)18-17(16)22(21-9)13-6-7-14(24)20-19-13/h2-7,12,23H,8H2,1H3,(H,18,25)(H,20,24)/t12-/m0/s1. The van der Waals surface area contributed by atoms with E-state index in [1.807, 2.05) is 6.92 Å². The van der Waals surface area contributed by atoms with Gasteiger partial charge < -0.3 is 10.4 Å². The number of H-pyrrole nitrogens is 1. The summed E-state index contributed by atoms with van der Waals surface area (Å²) in [5, 5.41) is 23.2. The van der Waals surface area contributed by atoms with E-state index in [0.29, 0.717) is 18.1 Å². The van der Waals surface area contributed by atoms with Gasteiger partial charge in [-0.2, -0.15) is 14.9 Å². The molecular formula is C17H15N5O3. The number of aromatic nitrogens is 4. The van der Waals surface area contributed by atoms with Gasteiger partial charge in [0.25, 0.3) is 5.56 Å². The van der Waals surface area contributed by atoms with E-state index in [0.717, 1.165) is 16.8 Å². The van der Waals surface area contributed by atoms with Gasteiger partial charge in [0, 0.05) is 24.0 Å². The van der Waals surface area contributed by atoms with Crippen LogP contribution in [0.1, 0.15) is 29.2 Å². The lowest BCUT2D eigenvalue weighted by Crippen LogP contribution is -2.25. The smallest absolute Gasteiger partial charge is 0.264 e. The molecule has 4 rings (SSSR count). The van der Waals surface area contributed by atoms with Crippen LogP contribution in [-0.4, -0.2) is 31.0 Å². The molecule has 0 bridgehead atoms. The molecule has 0 spiro atoms. The van der Waals surface area contributed by atoms with E-state index in [2.05, 4.69) is 20.6 Å². The molecule has 3 aromatic rings. The number of hydrogen-bond donors (Lipinski definition) is 3. The molecule has 1 aliphatic heterocycles. The van der Waals surface area contributed by atoms with E-state index >= 15 is 0 Å². The third kappa shape index (κ3) is 2.57. The van der Waals surface area contributed by atoms with E-state index in [1.165, 1.54) is 10.7 Å². The summed E-state index contributed by atoms with van der Waals surface area (Å²) in [6, 6.07) is 9.71. The van der Waals surface area contributed by atoms with E-state index < -0.39 is 0 Å². The molecule has 0 radical (unpaired) electrons. The van der Waals surface area contributed by atoms with Crippen molar-refractivity contribution in [3.05, 3.63) is 63.6 Å². The molecule has 1 amide bonds. The second kappa shape index (κ2) is 5.59. The first-order valence-electron chi connectivity index (χ1n) is 7.77. The fourth-order valence-corrected chi connectivity index (χ4v) is 3.16. The Morgan fingerprint density at radius 3 is 2.60 bits per heavy atom. The van der Waals surface area contributed by atoms with Crippen LogP contribution in [0.15, 0.2) is 41.2 Å². The number of fused-ring (bicyclic) bond motifs is 1. The highest BCUT2D eigenvalue weighted by Crippen LogP contribution is 2.40. The van der Waals surface area contributed by atoms with Gasteiger partial charge in [0.1, 0.15) is 11.6 Å². The van der Waals surface area contributed by atoms with Crippen molar-refractivity contribution in [2.45, 2.75) is 19.3 Å². The monoisotopic (exact) mass is 337 g/mol. The molecule has 0 saturated heterocycles. The number of aryl methyl sites for hydroxylation is 1. The van der Waals surface area contributed by atoms with E-state index in [-0.39, 0.29) is 23.1 Å². The number of carbonyl (C=O) groups excluding carboxylic acids is 1. The number of anilines is 1. The highest BCUT2D eigenvalue weighted by Gasteiger charge is 2.32. The van der Waals surface area contributed by atoms with Gasteiger partial charge in [-0.3, -0.25) is 9.59 Å². The molecule has 0 saturated carbocycles. The largest absolute Gasteiger partial charge is 0.508 e. The van der Waals surface area contributed by atoms with Crippen LogP contribution in [0.5, 0.6) is 5.75 Å². The number of aromatic amines is 1. The van der Waals surface area contributed by atoms with Crippen LogP contribution in [0, 0.1) is 6.92 Å². The quantitative estimate of drug-likeness (QED) is 0.655. The summed E-state index contributed by atoms with van der Waals surface area (Å²) in [5.41, 5.74) is 2.28. The maximum Gasteiger partial charge on any atom is 0.264 e. The van der Waals surface area contributed by atoms with Crippen molar-refractivity contribution in [3.63, 3.8) is 0 Å². The highest BCUT2D eigenvalue weighted by atomic mass is 16.3. The van der Waals surface area contributed by atoms with E-state index in [1.54, 1.807) is 30.3 Å². The third-order valence-corrected chi connectivity index (χ3v) is 4.28. The number of phenolic OH excluding ortho intramolecular Hbond substituents is 1. The van der Waals surface area contributed by atoms with Crippen molar-refractivity contribution >= 4 is 11.7 Å². The zero-order valence-corrected chi connectivity index (χ0v) is 13.4. The zero-order chi connectivity index (χ0) is 17.6. The topological polar surface area (TPSA) is 113 Å². The van der Waals surface area contributed by atoms with Crippen LogP contribution < -0.4 is 10.9 Å². The van der Waals surface area contributed by atoms with Gasteiger partial charge in [-0.25, -0.2) is 5.10 Å². The van der Waals surface area contributed by atoms with Crippen LogP contribution in [0.3, 0.4) is 0 Å². The zero-order valence-electron chi connectivity index (χ0n) is 13.4. The van der Waals surface area contributed by atoms with Crippen LogP contribution in [0.2, 0.25) is 0 Å². The minimum atomic E-state index is -0.312. The van der Waals surface area contributed by atoms with Gasteiger partial charge in [0.2, 0.25) is 5.91 Å². The summed E-state index contributed by atoms with van der Waals surface area (Å²) in [6.07, 6.45) is 0.295. The first kappa shape index (κ1) is 15.1. The average molecular weight is 337 g/mol. The SMILES string of the molecule is Cc1nn(-c2ccc(=O)[nH]n2)c2c1[C@H](c1ccc(O)cc1)CC(=O)N2. The average Bonchev–Trinajstić information content (AvgIpc) is 2.92. The minimum Gasteiger partial charge on any atom is -0.508 e. The molecule has 126 valence electrons. The Hall–Kier alpha value is -3.42. The van der Waals surface area contributed by atoms with Crippen molar-refractivity contribution in [1.82, 2.24) is 20.0 Å². The highest BCUT2D eigenvalue weighted by molar-refractivity contribution is 5.95. The number of hydrogen-bond acceptors (Lipinski definition) is 5. The summed E-state index contributed by atoms with van der Waals surface area (Å²) in [7, 11) is 0. The number of benzene rings is 1. The summed E-state index contributed by atoms with van der Waals surface area (Å²) in [6.45, 7) is 1.87. The Bertz CT molecular complexity index is 999. The Labute approximate surface area is 142 Å². The Morgan fingerprint density at radius 1 is 1.16 bits per heavy atom. The summed E-state index contributed by atoms with van der Waals surface area (Å²) in [4.78, 5) is 23.5. The molecule has 25 heavy (non-hydrogen) atoms. The van der Waals surface area contributed by atoms with Crippen molar-refractivity contribution in [2.24, 2.45) is 0 Å². The maximum atomic E-state index is 12.2. The molecule has 3 N–H and O–H groups in total. The second-order valence-corrected chi connectivity index (χ2v) is 5.94. The fraction of sp³-hybridized carbons (Fsp3) is 0.176. The normalized spacial score (nSPS) is 16.4. The molecule has 0 aliphatic carbocycles. The molecule has 1 aliphatic rings. The molecular weight excluding hydrogens is 322 g/mol. The second-order valence-electron chi connectivity index (χ2n) is 5.94. The first-order valence-corrected chi connectivity index (χ1v) is 7.77. The molecule has 0 unspecified atom stereocenters. The minimum absolute atomic E-state index is 0.129. The lowest BCUT2D eigenvalue weighted by Gasteiger charge is -2.24. The van der Waals surface area contributed by atoms with Crippen LogP contribution in [-0.2, 0) is 4.79 Å². The van der Waals surface area contributed by atoms with Crippen LogP contribution >= 0.6 is 0 Å². The van der Waals surface area contributed by atoms with Crippen molar-refractivity contribution in [3.8, 4) is 11.6 Å². The molecule has 8 nitrogen and oxygen atoms in total. The lowest BCUT2D eigenvalue weighted by atomic mass is 9.86. The molecule has 0 fully saturated rings. The molecule has 8 heteroatoms. The first-order chi connectivity index (χ1) is 12.0. The van der Waals surface area contributed by atoms with Gasteiger partial charge in [-0.05, 0) is 30.7 Å². The summed E-state index contributed by atoms with van der Waals surface area (Å²) in [5.74, 6) is 0.841. The number of nitrogens with zero attached hydrogens (tertiary/aromatic N) is 3. The number of phenols is 1. The maximum absolute atomic E-state index is 12.2. The lowest BCUT2D eigenvalue weighted by molar-refractivity contribution is -0.116. The fourth-order valence-electron chi connectivity index (χ4n) is 3.16. The van der Waals surface area contributed by atoms with Gasteiger partial charge >= 0.3 is 0 Å². The van der Waals surface area contributed by atoms with Crippen molar-refractivity contribution in [2.75, 3.05) is 5.32 Å². The third-order valence-electron chi connectivity index (χ3n) is 4.28. The van der Waals surface area contributed by atoms with Gasteiger partial charge in [0.15, 0.2) is 5.82 Å². The predicted molar refractivity (Wildman–Crippen MR) is 89.9 cm³/mol. The van der Waals surface area contributed by atoms with E-state index in [4.69, 9.17) is 0 Å². The van der Waals surface area contributed by atoms with Gasteiger partial charge in [-0.1, -0.05) is 12.1 Å². The van der Waals surface area contributed by atoms with Crippen molar-refractivity contribution in [1.29, 1.82) is 0 Å². The Balaban J connectivity index is 1.87. The number of carbonyl (C=O) groups is 1. The molecule has 3 heterocycles. The molecule has 1 atom stereocenters. The van der Waals surface area contributed by atoms with Crippen LogP contribution in [0.4, 0.5) is 5.82 Å². The van der Waals surface area contributed by atoms with Crippen LogP contribution in [0.25, 0.3) is 5.82 Å². The number of amides is 1. The summed E-state index contributed by atoms with van der Waals surface area (Å²) >= 11 is 0. The van der Waals surface area contributed by atoms with Gasteiger partial charge in [0.05, 0.1) is 5.69 Å². The number of aromatic hydroxyl groups is 1. The van der Waals surface area contributed by atoms with Crippen molar-refractivity contribution < 1.29 is 9.90 Å². The molecule has 2 aromatic heterocycles. The Morgan fingerprint density at radius 2 is 1.92 bits per heavy atom. The number of nitrogens with one attached hydrogen (secondary N) is 2. The number of rotatable bonds is 2. The van der Waals surface area contributed by atoms with E-state index in [9.17, 15) is 14.7 Å². The predicted octanol–water partition coefficient (Wildman–Crippen LogP) is 1.44.